The Balaban J connectivity index is 2.58. The fourth-order valence-electron chi connectivity index (χ4n) is 1.51. The second kappa shape index (κ2) is 8.59. The molecule has 3 nitrogen and oxygen atoms in total. The van der Waals surface area contributed by atoms with Crippen LogP contribution in [-0.2, 0) is 16.0 Å². The van der Waals surface area contributed by atoms with Crippen molar-refractivity contribution in [3.8, 4) is 5.75 Å². The molecule has 0 fully saturated rings. The maximum atomic E-state index is 11.4. The Labute approximate surface area is 119 Å². The first-order valence-electron chi connectivity index (χ1n) is 6.39. The number of rotatable bonds is 7. The van der Waals surface area contributed by atoms with Gasteiger partial charge in [-0.25, -0.2) is 0 Å². The molecule has 1 aromatic carbocycles. The Hall–Kier alpha value is -1.48. The van der Waals surface area contributed by atoms with Gasteiger partial charge in [0.2, 0.25) is 0 Å². The zero-order chi connectivity index (χ0) is 14.1. The van der Waals surface area contributed by atoms with Crippen LogP contribution in [0.2, 0.25) is 5.02 Å². The van der Waals surface area contributed by atoms with E-state index in [1.807, 2.05) is 12.2 Å². The topological polar surface area (TPSA) is 35.5 Å². The molecule has 0 atom stereocenters. The molecule has 0 bridgehead atoms. The first-order chi connectivity index (χ1) is 9.17. The maximum absolute atomic E-state index is 11.4. The molecule has 0 aliphatic heterocycles. The van der Waals surface area contributed by atoms with Crippen molar-refractivity contribution in [2.75, 3.05) is 13.2 Å². The minimum atomic E-state index is -0.274. The second-order valence-electron chi connectivity index (χ2n) is 3.93. The van der Waals surface area contributed by atoms with E-state index in [9.17, 15) is 4.79 Å². The summed E-state index contributed by atoms with van der Waals surface area (Å²) in [5.41, 5.74) is 0.747. The summed E-state index contributed by atoms with van der Waals surface area (Å²) in [5.74, 6) is 0.419. The molecule has 1 aromatic rings. The summed E-state index contributed by atoms with van der Waals surface area (Å²) in [6, 6.07) is 5.31. The van der Waals surface area contributed by atoms with Gasteiger partial charge >= 0.3 is 5.97 Å². The van der Waals surface area contributed by atoms with Crippen LogP contribution in [0, 0.1) is 0 Å². The summed E-state index contributed by atoms with van der Waals surface area (Å²) < 4.78 is 10.4. The van der Waals surface area contributed by atoms with Crippen LogP contribution in [0.1, 0.15) is 25.8 Å². The van der Waals surface area contributed by atoms with E-state index in [4.69, 9.17) is 21.1 Å². The quantitative estimate of drug-likeness (QED) is 0.564. The van der Waals surface area contributed by atoms with E-state index in [-0.39, 0.29) is 12.4 Å². The molecule has 0 radical (unpaired) electrons. The molecule has 0 unspecified atom stereocenters. The average Bonchev–Trinajstić information content (AvgIpc) is 2.38. The van der Waals surface area contributed by atoms with Crippen LogP contribution in [0.5, 0.6) is 5.75 Å². The molecule has 0 saturated heterocycles. The summed E-state index contributed by atoms with van der Waals surface area (Å²) in [5, 5.41) is 0.519. The molecule has 104 valence electrons. The zero-order valence-electron chi connectivity index (χ0n) is 11.3. The van der Waals surface area contributed by atoms with Crippen LogP contribution >= 0.6 is 11.6 Å². The summed E-state index contributed by atoms with van der Waals surface area (Å²) in [7, 11) is 0. The van der Waals surface area contributed by atoms with E-state index in [0.717, 1.165) is 12.0 Å². The van der Waals surface area contributed by atoms with Crippen LogP contribution in [0.25, 0.3) is 0 Å². The average molecular weight is 283 g/mol. The molecule has 1 rings (SSSR count). The molecule has 4 heteroatoms. The van der Waals surface area contributed by atoms with E-state index in [2.05, 4.69) is 6.92 Å². The van der Waals surface area contributed by atoms with Crippen molar-refractivity contribution >= 4 is 17.6 Å². The smallest absolute Gasteiger partial charge is 0.310 e. The number of halogens is 1. The normalized spacial score (nSPS) is 10.7. The number of hydrogen-bond donors (Lipinski definition) is 0. The van der Waals surface area contributed by atoms with E-state index >= 15 is 0 Å². The highest BCUT2D eigenvalue weighted by Crippen LogP contribution is 2.23. The van der Waals surface area contributed by atoms with Crippen molar-refractivity contribution in [3.63, 3.8) is 0 Å². The Morgan fingerprint density at radius 1 is 1.32 bits per heavy atom. The van der Waals surface area contributed by atoms with Crippen molar-refractivity contribution in [2.45, 2.75) is 26.7 Å². The lowest BCUT2D eigenvalue weighted by molar-refractivity contribution is -0.142. The van der Waals surface area contributed by atoms with Crippen LogP contribution in [-0.4, -0.2) is 19.2 Å². The Kier molecular flexibility index (Phi) is 7.04. The van der Waals surface area contributed by atoms with Gasteiger partial charge in [0.15, 0.2) is 0 Å². The number of esters is 1. The number of ether oxygens (including phenoxy) is 2. The van der Waals surface area contributed by atoms with Crippen molar-refractivity contribution in [1.82, 2.24) is 0 Å². The van der Waals surface area contributed by atoms with Crippen molar-refractivity contribution in [3.05, 3.63) is 40.9 Å². The third kappa shape index (κ3) is 5.79. The standard InChI is InChI=1S/C15H19ClO3/c1-3-5-6-9-19-13-8-7-12(14(16)11-13)10-15(17)18-4-2/h5-8,11H,3-4,9-10H2,1-2H3. The van der Waals surface area contributed by atoms with Gasteiger partial charge < -0.3 is 9.47 Å². The molecule has 0 heterocycles. The highest BCUT2D eigenvalue weighted by molar-refractivity contribution is 6.31. The summed E-state index contributed by atoms with van der Waals surface area (Å²) in [4.78, 5) is 11.4. The van der Waals surface area contributed by atoms with Crippen molar-refractivity contribution < 1.29 is 14.3 Å². The van der Waals surface area contributed by atoms with E-state index in [1.165, 1.54) is 0 Å². The number of carbonyl (C=O) groups is 1. The summed E-state index contributed by atoms with van der Waals surface area (Å²) >= 11 is 6.11. The first kappa shape index (κ1) is 15.6. The van der Waals surface area contributed by atoms with Gasteiger partial charge in [0, 0.05) is 5.02 Å². The molecule has 0 aliphatic carbocycles. The van der Waals surface area contributed by atoms with E-state index in [1.54, 1.807) is 25.1 Å². The molecule has 0 aromatic heterocycles. The van der Waals surface area contributed by atoms with Crippen LogP contribution < -0.4 is 4.74 Å². The van der Waals surface area contributed by atoms with Crippen molar-refractivity contribution in [2.24, 2.45) is 0 Å². The number of hydrogen-bond acceptors (Lipinski definition) is 3. The molecule has 19 heavy (non-hydrogen) atoms. The Bertz CT molecular complexity index is 441. The van der Waals surface area contributed by atoms with Crippen LogP contribution in [0.4, 0.5) is 0 Å². The van der Waals surface area contributed by atoms with Crippen LogP contribution in [0.3, 0.4) is 0 Å². The molecular weight excluding hydrogens is 264 g/mol. The first-order valence-corrected chi connectivity index (χ1v) is 6.77. The van der Waals surface area contributed by atoms with Crippen molar-refractivity contribution in [1.29, 1.82) is 0 Å². The molecule has 0 amide bonds. The predicted octanol–water partition coefficient (Wildman–Crippen LogP) is 3.79. The van der Waals surface area contributed by atoms with Gasteiger partial charge in [0.05, 0.1) is 13.0 Å². The largest absolute Gasteiger partial charge is 0.489 e. The van der Waals surface area contributed by atoms with E-state index < -0.39 is 0 Å². The van der Waals surface area contributed by atoms with Gasteiger partial charge in [0.25, 0.3) is 0 Å². The highest BCUT2D eigenvalue weighted by Gasteiger charge is 2.08. The number of benzene rings is 1. The number of carbonyl (C=O) groups excluding carboxylic acids is 1. The van der Waals surface area contributed by atoms with Gasteiger partial charge in [-0.15, -0.1) is 0 Å². The lowest BCUT2D eigenvalue weighted by Crippen LogP contribution is -2.07. The highest BCUT2D eigenvalue weighted by atomic mass is 35.5. The lowest BCUT2D eigenvalue weighted by atomic mass is 10.1. The Morgan fingerprint density at radius 3 is 2.74 bits per heavy atom. The fraction of sp³-hybridized carbons (Fsp3) is 0.400. The zero-order valence-corrected chi connectivity index (χ0v) is 12.1. The lowest BCUT2D eigenvalue weighted by Gasteiger charge is -2.07. The van der Waals surface area contributed by atoms with Crippen LogP contribution in [0.15, 0.2) is 30.4 Å². The monoisotopic (exact) mass is 282 g/mol. The summed E-state index contributed by atoms with van der Waals surface area (Å²) in [6.07, 6.45) is 5.17. The second-order valence-corrected chi connectivity index (χ2v) is 4.33. The van der Waals surface area contributed by atoms with E-state index in [0.29, 0.717) is 24.0 Å². The SMILES string of the molecule is CCC=CCOc1ccc(CC(=O)OCC)c(Cl)c1. The van der Waals surface area contributed by atoms with Gasteiger partial charge in [-0.2, -0.15) is 0 Å². The van der Waals surface area contributed by atoms with Gasteiger partial charge in [-0.3, -0.25) is 4.79 Å². The van der Waals surface area contributed by atoms with Gasteiger partial charge in [0.1, 0.15) is 12.4 Å². The third-order valence-electron chi connectivity index (χ3n) is 2.41. The maximum Gasteiger partial charge on any atom is 0.310 e. The third-order valence-corrected chi connectivity index (χ3v) is 2.77. The minimum Gasteiger partial charge on any atom is -0.489 e. The molecular formula is C15H19ClO3. The van der Waals surface area contributed by atoms with Gasteiger partial charge in [-0.05, 0) is 31.0 Å². The molecule has 0 aliphatic rings. The van der Waals surface area contributed by atoms with Gasteiger partial charge in [-0.1, -0.05) is 36.7 Å². The summed E-state index contributed by atoms with van der Waals surface area (Å²) in [6.45, 7) is 4.74. The minimum absolute atomic E-state index is 0.183. The molecule has 0 N–H and O–H groups in total. The molecule has 0 saturated carbocycles. The Morgan fingerprint density at radius 2 is 2.11 bits per heavy atom. The predicted molar refractivity (Wildman–Crippen MR) is 76.7 cm³/mol. The fourth-order valence-corrected chi connectivity index (χ4v) is 1.75. The number of allylic oxidation sites excluding steroid dienone is 1. The molecule has 0 spiro atoms.